The van der Waals surface area contributed by atoms with E-state index in [4.69, 9.17) is 0 Å². The van der Waals surface area contributed by atoms with Crippen LogP contribution in [-0.4, -0.2) is 46.0 Å². The first kappa shape index (κ1) is 26.4. The molecule has 37 heavy (non-hydrogen) atoms. The monoisotopic (exact) mass is 512 g/mol. The lowest BCUT2D eigenvalue weighted by atomic mass is 9.74. The van der Waals surface area contributed by atoms with E-state index in [2.05, 4.69) is 20.9 Å². The molecule has 2 saturated carbocycles. The summed E-state index contributed by atoms with van der Waals surface area (Å²) in [6, 6.07) is 13.0. The summed E-state index contributed by atoms with van der Waals surface area (Å²) in [4.78, 5) is 55.8. The normalized spacial score (nSPS) is 18.4. The van der Waals surface area contributed by atoms with Crippen LogP contribution in [0.3, 0.4) is 0 Å². The number of hydrogen-bond acceptors (Lipinski definition) is 5. The highest BCUT2D eigenvalue weighted by Gasteiger charge is 2.49. The Hall–Kier alpha value is -3.69. The maximum Gasteiger partial charge on any atom is 0.289 e. The summed E-state index contributed by atoms with van der Waals surface area (Å²) in [6.07, 6.45) is 2.34. The van der Waals surface area contributed by atoms with Crippen LogP contribution in [-0.2, 0) is 32.1 Å². The zero-order valence-corrected chi connectivity index (χ0v) is 20.3. The fourth-order valence-corrected chi connectivity index (χ4v) is 4.72. The number of amides is 3. The van der Waals surface area contributed by atoms with E-state index in [1.165, 1.54) is 0 Å². The van der Waals surface area contributed by atoms with Crippen LogP contribution >= 0.6 is 0 Å². The van der Waals surface area contributed by atoms with E-state index in [9.17, 15) is 28.0 Å². The van der Waals surface area contributed by atoms with Gasteiger partial charge in [0.2, 0.25) is 23.5 Å². The third kappa shape index (κ3) is 6.75. The first-order valence-corrected chi connectivity index (χ1v) is 12.4. The van der Waals surface area contributed by atoms with E-state index >= 15 is 0 Å². The lowest BCUT2D eigenvalue weighted by Crippen LogP contribution is -2.65. The molecule has 0 saturated heterocycles. The third-order valence-corrected chi connectivity index (χ3v) is 6.95. The van der Waals surface area contributed by atoms with Gasteiger partial charge in [0.05, 0.1) is 12.2 Å². The molecule has 2 aliphatic rings. The van der Waals surface area contributed by atoms with Crippen LogP contribution in [0, 0.1) is 5.92 Å². The highest BCUT2D eigenvalue weighted by molar-refractivity contribution is 6.38. The molecular formula is C27H30F2N4O4. The molecule has 0 aliphatic heterocycles. The van der Waals surface area contributed by atoms with Crippen LogP contribution in [0.25, 0.3) is 0 Å². The highest BCUT2D eigenvalue weighted by Crippen LogP contribution is 2.44. The Morgan fingerprint density at radius 3 is 2.30 bits per heavy atom. The molecule has 1 atom stereocenters. The smallest absolute Gasteiger partial charge is 0.289 e. The van der Waals surface area contributed by atoms with Crippen LogP contribution in [0.2, 0.25) is 0 Å². The molecular weight excluding hydrogens is 482 g/mol. The van der Waals surface area contributed by atoms with Crippen LogP contribution in [0.15, 0.2) is 54.7 Å². The predicted molar refractivity (Wildman–Crippen MR) is 130 cm³/mol. The van der Waals surface area contributed by atoms with Crippen LogP contribution in [0.4, 0.5) is 8.78 Å². The number of nitrogens with one attached hydrogen (secondary N) is 3. The number of carbonyl (C=O) groups is 4. The van der Waals surface area contributed by atoms with Crippen molar-refractivity contribution < 1.29 is 28.0 Å². The Morgan fingerprint density at radius 2 is 1.70 bits per heavy atom. The number of rotatable bonds is 11. The van der Waals surface area contributed by atoms with Crippen molar-refractivity contribution in [3.63, 3.8) is 0 Å². The van der Waals surface area contributed by atoms with Crippen molar-refractivity contribution in [3.8, 4) is 0 Å². The zero-order chi connectivity index (χ0) is 26.5. The van der Waals surface area contributed by atoms with Gasteiger partial charge in [0.25, 0.3) is 5.91 Å². The zero-order valence-electron chi connectivity index (χ0n) is 20.3. The first-order valence-electron chi connectivity index (χ1n) is 12.4. The summed E-state index contributed by atoms with van der Waals surface area (Å²) in [5, 5.41) is 7.96. The Labute approximate surface area is 213 Å². The Balaban J connectivity index is 1.41. The van der Waals surface area contributed by atoms with Gasteiger partial charge in [-0.1, -0.05) is 36.4 Å². The molecule has 10 heteroatoms. The van der Waals surface area contributed by atoms with Crippen LogP contribution < -0.4 is 16.0 Å². The molecule has 8 nitrogen and oxygen atoms in total. The van der Waals surface area contributed by atoms with E-state index in [0.717, 1.165) is 5.56 Å². The van der Waals surface area contributed by atoms with Gasteiger partial charge in [-0.2, -0.15) is 0 Å². The summed E-state index contributed by atoms with van der Waals surface area (Å²) in [6.45, 7) is 0.0532. The molecule has 2 aliphatic carbocycles. The topological polar surface area (TPSA) is 117 Å². The van der Waals surface area contributed by atoms with Crippen molar-refractivity contribution in [1.29, 1.82) is 0 Å². The molecule has 2 aromatic rings. The van der Waals surface area contributed by atoms with Crippen molar-refractivity contribution in [1.82, 2.24) is 20.9 Å². The van der Waals surface area contributed by atoms with Crippen molar-refractivity contribution >= 4 is 23.5 Å². The molecule has 196 valence electrons. The molecule has 0 spiro atoms. The Morgan fingerprint density at radius 1 is 1.00 bits per heavy atom. The number of halogens is 2. The standard InChI is InChI=1S/C27H30F2N4O4/c28-27(29)15-19(16-27)14-22(34)33-26(10-6-11-26)25(37)32-21(13-18-7-2-1-3-8-18)23(35)24(36)31-17-20-9-4-5-12-30-20/h1-5,7-9,12,19,21H,6,10-11,13-17H2,(H,31,36)(H,32,37)(H,33,34)/t21-/m1/s1. The minimum absolute atomic E-state index is 0.0532. The number of aromatic nitrogens is 1. The Bertz CT molecular complexity index is 1130. The van der Waals surface area contributed by atoms with Crippen molar-refractivity contribution in [2.45, 2.75) is 69.0 Å². The molecule has 2 fully saturated rings. The lowest BCUT2D eigenvalue weighted by Gasteiger charge is -2.42. The predicted octanol–water partition coefficient (Wildman–Crippen LogP) is 2.47. The highest BCUT2D eigenvalue weighted by atomic mass is 19.3. The van der Waals surface area contributed by atoms with Gasteiger partial charge in [0, 0.05) is 31.9 Å². The first-order chi connectivity index (χ1) is 17.7. The number of Topliss-reactive ketones (excluding diaryl/α,β-unsaturated/α-hetero) is 1. The van der Waals surface area contributed by atoms with Gasteiger partial charge in [-0.25, -0.2) is 8.78 Å². The SMILES string of the molecule is O=C(CC1CC(F)(F)C1)NC1(C(=O)N[C@H](Cc2ccccc2)C(=O)C(=O)NCc2ccccn2)CCC1. The molecule has 1 heterocycles. The van der Waals surface area contributed by atoms with E-state index in [0.29, 0.717) is 25.0 Å². The van der Waals surface area contributed by atoms with E-state index in [1.807, 2.05) is 6.07 Å². The third-order valence-electron chi connectivity index (χ3n) is 6.95. The summed E-state index contributed by atoms with van der Waals surface area (Å²) in [5.41, 5.74) is 0.104. The molecule has 3 amide bonds. The quantitative estimate of drug-likeness (QED) is 0.400. The van der Waals surface area contributed by atoms with E-state index in [1.54, 1.807) is 48.7 Å². The number of carbonyl (C=O) groups excluding carboxylic acids is 4. The van der Waals surface area contributed by atoms with E-state index in [-0.39, 0.29) is 32.2 Å². The molecule has 1 aromatic carbocycles. The van der Waals surface area contributed by atoms with Crippen LogP contribution in [0.1, 0.15) is 49.8 Å². The second kappa shape index (κ2) is 11.1. The van der Waals surface area contributed by atoms with Gasteiger partial charge in [-0.3, -0.25) is 24.2 Å². The number of alkyl halides is 2. The fraction of sp³-hybridized carbons (Fsp3) is 0.444. The summed E-state index contributed by atoms with van der Waals surface area (Å²) in [7, 11) is 0. The fourth-order valence-electron chi connectivity index (χ4n) is 4.72. The van der Waals surface area contributed by atoms with Crippen molar-refractivity contribution in [2.24, 2.45) is 5.92 Å². The maximum absolute atomic E-state index is 13.3. The van der Waals surface area contributed by atoms with Crippen molar-refractivity contribution in [3.05, 3.63) is 66.0 Å². The minimum atomic E-state index is -2.72. The van der Waals surface area contributed by atoms with E-state index < -0.39 is 46.9 Å². The van der Waals surface area contributed by atoms with Crippen LogP contribution in [0.5, 0.6) is 0 Å². The summed E-state index contributed by atoms with van der Waals surface area (Å²) in [5.74, 6) is -5.83. The number of ketones is 1. The molecule has 1 aromatic heterocycles. The van der Waals surface area contributed by atoms with Gasteiger partial charge in [0.1, 0.15) is 11.6 Å². The average molecular weight is 513 g/mol. The maximum atomic E-state index is 13.3. The number of hydrogen-bond donors (Lipinski definition) is 3. The molecule has 0 bridgehead atoms. The van der Waals surface area contributed by atoms with Gasteiger partial charge in [0.15, 0.2) is 0 Å². The summed E-state index contributed by atoms with van der Waals surface area (Å²) < 4.78 is 26.3. The average Bonchev–Trinajstić information content (AvgIpc) is 2.84. The largest absolute Gasteiger partial charge is 0.344 e. The number of pyridine rings is 1. The second-order valence-corrected chi connectivity index (χ2v) is 9.90. The van der Waals surface area contributed by atoms with Gasteiger partial charge < -0.3 is 16.0 Å². The van der Waals surface area contributed by atoms with Gasteiger partial charge >= 0.3 is 0 Å². The molecule has 4 rings (SSSR count). The van der Waals surface area contributed by atoms with Crippen molar-refractivity contribution in [2.75, 3.05) is 0 Å². The molecule has 0 radical (unpaired) electrons. The molecule has 3 N–H and O–H groups in total. The number of nitrogens with zero attached hydrogens (tertiary/aromatic N) is 1. The lowest BCUT2D eigenvalue weighted by molar-refractivity contribution is -0.144. The minimum Gasteiger partial charge on any atom is -0.344 e. The Kier molecular flexibility index (Phi) is 7.94. The van der Waals surface area contributed by atoms with Gasteiger partial charge in [-0.15, -0.1) is 0 Å². The summed E-state index contributed by atoms with van der Waals surface area (Å²) >= 11 is 0. The van der Waals surface area contributed by atoms with Gasteiger partial charge in [-0.05, 0) is 42.9 Å². The second-order valence-electron chi connectivity index (χ2n) is 9.90. The molecule has 0 unspecified atom stereocenters. The number of benzene rings is 1.